The van der Waals surface area contributed by atoms with Crippen molar-refractivity contribution in [3.8, 4) is 0 Å². The summed E-state index contributed by atoms with van der Waals surface area (Å²) in [7, 11) is 0. The summed E-state index contributed by atoms with van der Waals surface area (Å²) in [5.74, 6) is 0.152. The van der Waals surface area contributed by atoms with E-state index in [2.05, 4.69) is 23.6 Å². The summed E-state index contributed by atoms with van der Waals surface area (Å²) in [4.78, 5) is 12.2. The van der Waals surface area contributed by atoms with Gasteiger partial charge in [-0.3, -0.25) is 4.79 Å². The van der Waals surface area contributed by atoms with E-state index in [9.17, 15) is 4.79 Å². The van der Waals surface area contributed by atoms with Crippen LogP contribution in [0.4, 0.5) is 0 Å². The number of thiophene rings is 2. The lowest BCUT2D eigenvalue weighted by Gasteiger charge is -1.90. The molecule has 15 heavy (non-hydrogen) atoms. The molecule has 0 saturated carbocycles. The molecule has 0 unspecified atom stereocenters. The summed E-state index contributed by atoms with van der Waals surface area (Å²) < 4.78 is 2.49. The molecule has 0 radical (unpaired) electrons. The maximum Gasteiger partial charge on any atom is 0.169 e. The third kappa shape index (κ3) is 1.31. The van der Waals surface area contributed by atoms with Gasteiger partial charge in [-0.25, -0.2) is 0 Å². The van der Waals surface area contributed by atoms with Crippen LogP contribution in [0, 0.1) is 0 Å². The van der Waals surface area contributed by atoms with Crippen LogP contribution in [0.3, 0.4) is 0 Å². The maximum atomic E-state index is 11.3. The summed E-state index contributed by atoms with van der Waals surface area (Å²) in [6.07, 6.45) is 0. The zero-order chi connectivity index (χ0) is 10.4. The molecule has 1 aromatic carbocycles. The van der Waals surface area contributed by atoms with Crippen molar-refractivity contribution >= 4 is 48.6 Å². The smallest absolute Gasteiger partial charge is 0.169 e. The van der Waals surface area contributed by atoms with Crippen LogP contribution in [0.15, 0.2) is 29.6 Å². The molecule has 3 rings (SSSR count). The molecule has 0 aliphatic carbocycles. The van der Waals surface area contributed by atoms with Crippen LogP contribution in [0.5, 0.6) is 0 Å². The standard InChI is InChI=1S/C12H8OS2/c1-7(13)12-6-9-8-4-5-14-10(8)2-3-11(9)15-12/h2-6H,1H3. The molecule has 3 heteroatoms. The van der Waals surface area contributed by atoms with Crippen LogP contribution in [0.25, 0.3) is 20.2 Å². The minimum atomic E-state index is 0.152. The molecule has 2 aromatic heterocycles. The van der Waals surface area contributed by atoms with E-state index in [-0.39, 0.29) is 5.78 Å². The molecule has 0 aliphatic rings. The Bertz CT molecular complexity index is 660. The van der Waals surface area contributed by atoms with Gasteiger partial charge in [0.2, 0.25) is 0 Å². The Morgan fingerprint density at radius 3 is 2.73 bits per heavy atom. The number of fused-ring (bicyclic) bond motifs is 3. The first-order valence-corrected chi connectivity index (χ1v) is 6.36. The van der Waals surface area contributed by atoms with Crippen molar-refractivity contribution in [2.24, 2.45) is 0 Å². The first kappa shape index (κ1) is 9.07. The molecule has 0 aliphatic heterocycles. The topological polar surface area (TPSA) is 17.1 Å². The zero-order valence-corrected chi connectivity index (χ0v) is 9.74. The van der Waals surface area contributed by atoms with Crippen molar-refractivity contribution in [3.05, 3.63) is 34.5 Å². The van der Waals surface area contributed by atoms with Crippen LogP contribution in [0.1, 0.15) is 16.6 Å². The van der Waals surface area contributed by atoms with E-state index < -0.39 is 0 Å². The predicted molar refractivity (Wildman–Crippen MR) is 67.2 cm³/mol. The Labute approximate surface area is 95.0 Å². The van der Waals surface area contributed by atoms with Gasteiger partial charge in [-0.15, -0.1) is 22.7 Å². The van der Waals surface area contributed by atoms with E-state index >= 15 is 0 Å². The van der Waals surface area contributed by atoms with Gasteiger partial charge in [-0.1, -0.05) is 0 Å². The number of carbonyl (C=O) groups is 1. The van der Waals surface area contributed by atoms with Crippen LogP contribution in [-0.2, 0) is 0 Å². The quantitative estimate of drug-likeness (QED) is 0.571. The van der Waals surface area contributed by atoms with Crippen molar-refractivity contribution in [2.45, 2.75) is 6.92 Å². The summed E-state index contributed by atoms with van der Waals surface area (Å²) in [6.45, 7) is 1.62. The average Bonchev–Trinajstić information content (AvgIpc) is 2.82. The van der Waals surface area contributed by atoms with Gasteiger partial charge < -0.3 is 0 Å². The number of hydrogen-bond donors (Lipinski definition) is 0. The van der Waals surface area contributed by atoms with E-state index in [0.717, 1.165) is 4.88 Å². The fraction of sp³-hybridized carbons (Fsp3) is 0.0833. The number of ketones is 1. The van der Waals surface area contributed by atoms with Crippen molar-refractivity contribution < 1.29 is 4.79 Å². The molecule has 1 nitrogen and oxygen atoms in total. The number of benzene rings is 1. The number of rotatable bonds is 1. The van der Waals surface area contributed by atoms with E-state index in [4.69, 9.17) is 0 Å². The lowest BCUT2D eigenvalue weighted by molar-refractivity contribution is 0.102. The second kappa shape index (κ2) is 3.15. The van der Waals surface area contributed by atoms with E-state index in [1.807, 2.05) is 6.07 Å². The fourth-order valence-electron chi connectivity index (χ4n) is 1.74. The fourth-order valence-corrected chi connectivity index (χ4v) is 3.51. The molecular weight excluding hydrogens is 224 g/mol. The van der Waals surface area contributed by atoms with Crippen molar-refractivity contribution in [1.29, 1.82) is 0 Å². The van der Waals surface area contributed by atoms with E-state index in [0.29, 0.717) is 0 Å². The first-order valence-electron chi connectivity index (χ1n) is 4.66. The highest BCUT2D eigenvalue weighted by Crippen LogP contribution is 2.34. The molecule has 0 N–H and O–H groups in total. The van der Waals surface area contributed by atoms with Gasteiger partial charge in [0.15, 0.2) is 5.78 Å². The highest BCUT2D eigenvalue weighted by molar-refractivity contribution is 7.21. The molecule has 3 aromatic rings. The van der Waals surface area contributed by atoms with Crippen LogP contribution < -0.4 is 0 Å². The van der Waals surface area contributed by atoms with Gasteiger partial charge >= 0.3 is 0 Å². The molecule has 0 saturated heterocycles. The number of Topliss-reactive ketones (excluding diaryl/α,β-unsaturated/α-hetero) is 1. The van der Waals surface area contributed by atoms with Crippen LogP contribution in [-0.4, -0.2) is 5.78 Å². The molecule has 0 amide bonds. The Kier molecular flexibility index (Phi) is 1.90. The van der Waals surface area contributed by atoms with Crippen LogP contribution in [0.2, 0.25) is 0 Å². The Morgan fingerprint density at radius 1 is 1.13 bits per heavy atom. The van der Waals surface area contributed by atoms with Gasteiger partial charge in [-0.2, -0.15) is 0 Å². The van der Waals surface area contributed by atoms with Gasteiger partial charge in [0.25, 0.3) is 0 Å². The zero-order valence-electron chi connectivity index (χ0n) is 8.11. The largest absolute Gasteiger partial charge is 0.294 e. The summed E-state index contributed by atoms with van der Waals surface area (Å²) in [5.41, 5.74) is 0. The van der Waals surface area contributed by atoms with Gasteiger partial charge in [0, 0.05) is 20.2 Å². The third-order valence-corrected chi connectivity index (χ3v) is 4.56. The van der Waals surface area contributed by atoms with Crippen molar-refractivity contribution in [3.63, 3.8) is 0 Å². The maximum absolute atomic E-state index is 11.3. The number of carbonyl (C=O) groups excluding carboxylic acids is 1. The monoisotopic (exact) mass is 232 g/mol. The molecule has 2 heterocycles. The SMILES string of the molecule is CC(=O)c1cc2c(ccc3sccc32)s1. The minimum absolute atomic E-state index is 0.152. The van der Waals surface area contributed by atoms with Crippen LogP contribution >= 0.6 is 22.7 Å². The lowest BCUT2D eigenvalue weighted by atomic mass is 10.2. The lowest BCUT2D eigenvalue weighted by Crippen LogP contribution is -1.83. The van der Waals surface area contributed by atoms with Crippen molar-refractivity contribution in [1.82, 2.24) is 0 Å². The third-order valence-electron chi connectivity index (χ3n) is 2.48. The predicted octanol–water partition coefficient (Wildman–Crippen LogP) is 4.32. The first-order chi connectivity index (χ1) is 7.25. The van der Waals surface area contributed by atoms with Gasteiger partial charge in [0.05, 0.1) is 4.88 Å². The summed E-state index contributed by atoms with van der Waals surface area (Å²) in [5, 5.41) is 4.57. The summed E-state index contributed by atoms with van der Waals surface area (Å²) in [6, 6.07) is 8.37. The normalized spacial score (nSPS) is 11.3. The molecule has 0 atom stereocenters. The highest BCUT2D eigenvalue weighted by Gasteiger charge is 2.08. The average molecular weight is 232 g/mol. The highest BCUT2D eigenvalue weighted by atomic mass is 32.1. The Morgan fingerprint density at radius 2 is 1.93 bits per heavy atom. The molecule has 0 spiro atoms. The van der Waals surface area contributed by atoms with E-state index in [1.54, 1.807) is 29.6 Å². The minimum Gasteiger partial charge on any atom is -0.294 e. The molecule has 74 valence electrons. The second-order valence-electron chi connectivity index (χ2n) is 3.48. The molecule has 0 fully saturated rings. The van der Waals surface area contributed by atoms with Gasteiger partial charge in [-0.05, 0) is 36.6 Å². The second-order valence-corrected chi connectivity index (χ2v) is 5.51. The van der Waals surface area contributed by atoms with Crippen molar-refractivity contribution in [2.75, 3.05) is 0 Å². The summed E-state index contributed by atoms with van der Waals surface area (Å²) >= 11 is 3.32. The van der Waals surface area contributed by atoms with E-state index in [1.165, 1.54) is 20.2 Å². The number of hydrogen-bond acceptors (Lipinski definition) is 3. The Hall–Kier alpha value is -1.19. The molecule has 0 bridgehead atoms. The molecular formula is C12H8OS2. The Balaban J connectivity index is 2.46. The van der Waals surface area contributed by atoms with Gasteiger partial charge in [0.1, 0.15) is 0 Å².